The molecule has 11 rings (SSSR count). The highest BCUT2D eigenvalue weighted by atomic mass is 16.3. The van der Waals surface area contributed by atoms with E-state index in [9.17, 15) is 0 Å². The molecule has 2 aromatic heterocycles. The maximum Gasteiger partial charge on any atom is 0.164 e. The van der Waals surface area contributed by atoms with Crippen molar-refractivity contribution in [3.63, 3.8) is 0 Å². The lowest BCUT2D eigenvalue weighted by atomic mass is 9.91. The van der Waals surface area contributed by atoms with Gasteiger partial charge < -0.3 is 4.42 Å². The van der Waals surface area contributed by atoms with E-state index in [-0.39, 0.29) is 0 Å². The molecule has 4 heteroatoms. The Kier molecular flexibility index (Phi) is 7.14. The molecule has 0 saturated carbocycles. The van der Waals surface area contributed by atoms with Crippen LogP contribution in [0.2, 0.25) is 0 Å². The van der Waals surface area contributed by atoms with Gasteiger partial charge in [0.15, 0.2) is 17.5 Å². The molecular weight excluding hydrogens is 671 g/mol. The van der Waals surface area contributed by atoms with Crippen LogP contribution in [0.1, 0.15) is 0 Å². The highest BCUT2D eigenvalue weighted by Gasteiger charge is 2.17. The van der Waals surface area contributed by atoms with Gasteiger partial charge in [-0.3, -0.25) is 0 Å². The van der Waals surface area contributed by atoms with Crippen molar-refractivity contribution in [2.75, 3.05) is 0 Å². The smallest absolute Gasteiger partial charge is 0.164 e. The zero-order valence-electron chi connectivity index (χ0n) is 29.6. The number of hydrogen-bond donors (Lipinski definition) is 0. The first kappa shape index (κ1) is 31.1. The molecule has 0 spiro atoms. The summed E-state index contributed by atoms with van der Waals surface area (Å²) in [6, 6.07) is 65.8. The highest BCUT2D eigenvalue weighted by Crippen LogP contribution is 2.42. The average Bonchev–Trinajstić information content (AvgIpc) is 3.65. The van der Waals surface area contributed by atoms with E-state index in [4.69, 9.17) is 19.4 Å². The minimum atomic E-state index is 0.625. The third-order valence-electron chi connectivity index (χ3n) is 10.7. The molecule has 0 aliphatic carbocycles. The summed E-state index contributed by atoms with van der Waals surface area (Å²) >= 11 is 0. The van der Waals surface area contributed by atoms with E-state index < -0.39 is 0 Å². The van der Waals surface area contributed by atoms with Crippen LogP contribution < -0.4 is 0 Å². The third-order valence-corrected chi connectivity index (χ3v) is 10.7. The van der Waals surface area contributed by atoms with Crippen molar-refractivity contribution in [3.05, 3.63) is 188 Å². The fourth-order valence-corrected chi connectivity index (χ4v) is 8.10. The van der Waals surface area contributed by atoms with E-state index in [1.165, 1.54) is 37.9 Å². The zero-order chi connectivity index (χ0) is 36.3. The summed E-state index contributed by atoms with van der Waals surface area (Å²) in [5.41, 5.74) is 8.95. The Balaban J connectivity index is 1.02. The number of nitrogens with zero attached hydrogens (tertiary/aromatic N) is 3. The monoisotopic (exact) mass is 701 g/mol. The van der Waals surface area contributed by atoms with Crippen LogP contribution in [-0.4, -0.2) is 15.0 Å². The van der Waals surface area contributed by atoms with Gasteiger partial charge in [-0.25, -0.2) is 15.0 Å². The van der Waals surface area contributed by atoms with E-state index in [1.807, 2.05) is 60.7 Å². The van der Waals surface area contributed by atoms with E-state index in [0.29, 0.717) is 17.5 Å². The molecule has 0 amide bonds. The van der Waals surface area contributed by atoms with Crippen LogP contribution in [0, 0.1) is 0 Å². The Morgan fingerprint density at radius 2 is 0.745 bits per heavy atom. The first-order chi connectivity index (χ1) is 27.2. The van der Waals surface area contributed by atoms with Crippen LogP contribution in [0.15, 0.2) is 192 Å². The number of aromatic nitrogens is 3. The minimum Gasteiger partial charge on any atom is -0.456 e. The SMILES string of the molecule is c1ccc(-c2nc(-c3ccccc3)nc(-c3cccc(-c4ccc5c(c4)oc4cccc(-c6ccc7c8ccccc8c8ccccc8c7c6)c45)c3)n2)cc1. The van der Waals surface area contributed by atoms with Crippen molar-refractivity contribution in [2.24, 2.45) is 0 Å². The molecule has 2 heterocycles. The van der Waals surface area contributed by atoms with E-state index in [0.717, 1.165) is 55.3 Å². The second-order valence-electron chi connectivity index (χ2n) is 14.0. The highest BCUT2D eigenvalue weighted by molar-refractivity contribution is 6.26. The van der Waals surface area contributed by atoms with Crippen LogP contribution in [0.4, 0.5) is 0 Å². The summed E-state index contributed by atoms with van der Waals surface area (Å²) < 4.78 is 6.60. The predicted octanol–water partition coefficient (Wildman–Crippen LogP) is 13.6. The largest absolute Gasteiger partial charge is 0.456 e. The Bertz CT molecular complexity index is 3170. The molecule has 0 radical (unpaired) electrons. The van der Waals surface area contributed by atoms with Gasteiger partial charge in [-0.1, -0.05) is 158 Å². The molecule has 0 bridgehead atoms. The van der Waals surface area contributed by atoms with E-state index in [2.05, 4.69) is 127 Å². The predicted molar refractivity (Wildman–Crippen MR) is 227 cm³/mol. The molecule has 0 saturated heterocycles. The standard InChI is InChI=1S/C51H31N3O/c1-3-13-32(14-4-1)49-52-50(33-15-5-2-6-16-33)54-51(53-49)37-18-11-17-34(29-37)35-25-28-44-47(31-35)55-46-24-12-23-38(48(44)46)36-26-27-43-41-21-8-7-19-39(41)40-20-9-10-22-42(40)45(43)30-36/h1-31H. The molecule has 0 aliphatic heterocycles. The molecular formula is C51H31N3O. The second kappa shape index (κ2) is 12.6. The molecule has 0 fully saturated rings. The van der Waals surface area contributed by atoms with Crippen LogP contribution >= 0.6 is 0 Å². The van der Waals surface area contributed by atoms with Crippen molar-refractivity contribution < 1.29 is 4.42 Å². The van der Waals surface area contributed by atoms with Crippen molar-refractivity contribution in [3.8, 4) is 56.4 Å². The summed E-state index contributed by atoms with van der Waals surface area (Å²) in [6.45, 7) is 0. The third kappa shape index (κ3) is 5.26. The summed E-state index contributed by atoms with van der Waals surface area (Å²) in [6.07, 6.45) is 0. The van der Waals surface area contributed by atoms with Crippen molar-refractivity contribution in [1.29, 1.82) is 0 Å². The lowest BCUT2D eigenvalue weighted by molar-refractivity contribution is 0.669. The van der Waals surface area contributed by atoms with Gasteiger partial charge in [0.2, 0.25) is 0 Å². The fraction of sp³-hybridized carbons (Fsp3) is 0. The quantitative estimate of drug-likeness (QED) is 0.168. The van der Waals surface area contributed by atoms with Gasteiger partial charge in [-0.2, -0.15) is 0 Å². The molecule has 0 aliphatic rings. The molecule has 4 nitrogen and oxygen atoms in total. The van der Waals surface area contributed by atoms with Crippen molar-refractivity contribution in [1.82, 2.24) is 15.0 Å². The summed E-state index contributed by atoms with van der Waals surface area (Å²) in [7, 11) is 0. The topological polar surface area (TPSA) is 51.8 Å². The Labute approximate surface area is 317 Å². The van der Waals surface area contributed by atoms with Crippen molar-refractivity contribution >= 4 is 54.3 Å². The van der Waals surface area contributed by atoms with Crippen LogP contribution in [0.3, 0.4) is 0 Å². The van der Waals surface area contributed by atoms with Crippen LogP contribution in [0.5, 0.6) is 0 Å². The second-order valence-corrected chi connectivity index (χ2v) is 14.0. The molecule has 55 heavy (non-hydrogen) atoms. The number of hydrogen-bond acceptors (Lipinski definition) is 4. The Morgan fingerprint density at radius 3 is 1.40 bits per heavy atom. The normalized spacial score (nSPS) is 11.6. The first-order valence-corrected chi connectivity index (χ1v) is 18.5. The van der Waals surface area contributed by atoms with Crippen LogP contribution in [0.25, 0.3) is 111 Å². The number of benzene rings is 9. The van der Waals surface area contributed by atoms with Gasteiger partial charge in [0.25, 0.3) is 0 Å². The number of rotatable bonds is 5. The minimum absolute atomic E-state index is 0.625. The molecule has 0 unspecified atom stereocenters. The first-order valence-electron chi connectivity index (χ1n) is 18.5. The molecule has 256 valence electrons. The van der Waals surface area contributed by atoms with E-state index in [1.54, 1.807) is 0 Å². The molecule has 9 aromatic carbocycles. The zero-order valence-corrected chi connectivity index (χ0v) is 29.6. The Hall–Kier alpha value is -7.43. The summed E-state index contributed by atoms with van der Waals surface area (Å²) in [4.78, 5) is 14.8. The fourth-order valence-electron chi connectivity index (χ4n) is 8.10. The summed E-state index contributed by atoms with van der Waals surface area (Å²) in [5.74, 6) is 1.91. The number of furan rings is 1. The van der Waals surface area contributed by atoms with Gasteiger partial charge in [-0.05, 0) is 84.9 Å². The maximum absolute atomic E-state index is 6.60. The molecule has 11 aromatic rings. The van der Waals surface area contributed by atoms with Gasteiger partial charge in [0, 0.05) is 27.5 Å². The van der Waals surface area contributed by atoms with Gasteiger partial charge in [0.1, 0.15) is 11.2 Å². The molecule has 0 atom stereocenters. The van der Waals surface area contributed by atoms with Crippen LogP contribution in [-0.2, 0) is 0 Å². The van der Waals surface area contributed by atoms with Gasteiger partial charge in [-0.15, -0.1) is 0 Å². The molecule has 0 N–H and O–H groups in total. The Morgan fingerprint density at radius 1 is 0.273 bits per heavy atom. The van der Waals surface area contributed by atoms with Gasteiger partial charge in [0.05, 0.1) is 0 Å². The van der Waals surface area contributed by atoms with Gasteiger partial charge >= 0.3 is 0 Å². The lowest BCUT2D eigenvalue weighted by Gasteiger charge is -2.12. The number of fused-ring (bicyclic) bond motifs is 9. The maximum atomic E-state index is 6.60. The van der Waals surface area contributed by atoms with Crippen molar-refractivity contribution in [2.45, 2.75) is 0 Å². The average molecular weight is 702 g/mol. The lowest BCUT2D eigenvalue weighted by Crippen LogP contribution is -2.00. The van der Waals surface area contributed by atoms with E-state index >= 15 is 0 Å². The summed E-state index contributed by atoms with van der Waals surface area (Å²) in [5, 5.41) is 9.82.